The Hall–Kier alpha value is -2.76. The maximum absolute atomic E-state index is 13.9. The molecule has 0 aromatic heterocycles. The number of hydrogen-bond acceptors (Lipinski definition) is 2. The number of anilines is 1. The predicted molar refractivity (Wildman–Crippen MR) is 89.9 cm³/mol. The van der Waals surface area contributed by atoms with E-state index in [-0.39, 0.29) is 24.8 Å². The molecule has 0 spiro atoms. The van der Waals surface area contributed by atoms with Gasteiger partial charge in [0, 0.05) is 17.7 Å². The molecule has 0 radical (unpaired) electrons. The minimum atomic E-state index is -0.663. The average molecular weight is 344 g/mol. The van der Waals surface area contributed by atoms with Gasteiger partial charge in [0.15, 0.2) is 0 Å². The third-order valence-electron chi connectivity index (χ3n) is 4.18. The second kappa shape index (κ2) is 7.01. The molecule has 2 aromatic rings. The average Bonchev–Trinajstić information content (AvgIpc) is 2.72. The number of rotatable bonds is 3. The van der Waals surface area contributed by atoms with E-state index in [9.17, 15) is 18.4 Å². The molecule has 1 unspecified atom stereocenters. The van der Waals surface area contributed by atoms with Gasteiger partial charge in [-0.2, -0.15) is 0 Å². The molecule has 0 bridgehead atoms. The lowest BCUT2D eigenvalue weighted by molar-refractivity contribution is -0.136. The fourth-order valence-corrected chi connectivity index (χ4v) is 3.07. The van der Waals surface area contributed by atoms with Crippen LogP contribution in [0.25, 0.3) is 0 Å². The molecular weight excluding hydrogens is 326 g/mol. The van der Waals surface area contributed by atoms with Crippen LogP contribution in [0.3, 0.4) is 0 Å². The molecule has 25 heavy (non-hydrogen) atoms. The van der Waals surface area contributed by atoms with Gasteiger partial charge in [0.05, 0.1) is 6.04 Å². The third-order valence-corrected chi connectivity index (χ3v) is 4.18. The van der Waals surface area contributed by atoms with Crippen molar-refractivity contribution in [3.63, 3.8) is 0 Å². The fourth-order valence-electron chi connectivity index (χ4n) is 3.07. The Bertz CT molecular complexity index is 806. The molecule has 0 saturated heterocycles. The van der Waals surface area contributed by atoms with Gasteiger partial charge in [-0.15, -0.1) is 0 Å². The number of amides is 2. The van der Waals surface area contributed by atoms with Gasteiger partial charge in [-0.25, -0.2) is 8.78 Å². The SMILES string of the molecule is CCCC(=O)N1CC(=O)Nc2ccc(F)cc2C1c1ccc(F)cc1. The first-order valence-electron chi connectivity index (χ1n) is 8.14. The van der Waals surface area contributed by atoms with Crippen LogP contribution < -0.4 is 5.32 Å². The summed E-state index contributed by atoms with van der Waals surface area (Å²) in [6.45, 7) is 1.73. The Kier molecular flexibility index (Phi) is 4.79. The number of nitrogens with one attached hydrogen (secondary N) is 1. The number of fused-ring (bicyclic) bond motifs is 1. The van der Waals surface area contributed by atoms with Crippen molar-refractivity contribution >= 4 is 17.5 Å². The summed E-state index contributed by atoms with van der Waals surface area (Å²) in [7, 11) is 0. The van der Waals surface area contributed by atoms with Crippen molar-refractivity contribution in [3.05, 3.63) is 65.2 Å². The van der Waals surface area contributed by atoms with E-state index < -0.39 is 17.7 Å². The zero-order valence-corrected chi connectivity index (χ0v) is 13.8. The molecule has 0 fully saturated rings. The minimum Gasteiger partial charge on any atom is -0.324 e. The lowest BCUT2D eigenvalue weighted by atomic mass is 9.95. The molecule has 3 rings (SSSR count). The smallest absolute Gasteiger partial charge is 0.244 e. The van der Waals surface area contributed by atoms with Gasteiger partial charge in [-0.3, -0.25) is 9.59 Å². The number of carbonyl (C=O) groups is 2. The number of carbonyl (C=O) groups excluding carboxylic acids is 2. The second-order valence-electron chi connectivity index (χ2n) is 6.01. The van der Waals surface area contributed by atoms with Crippen molar-refractivity contribution in [2.24, 2.45) is 0 Å². The maximum atomic E-state index is 13.9. The van der Waals surface area contributed by atoms with E-state index in [1.165, 1.54) is 35.2 Å². The quantitative estimate of drug-likeness (QED) is 0.924. The summed E-state index contributed by atoms with van der Waals surface area (Å²) in [5, 5.41) is 2.71. The van der Waals surface area contributed by atoms with E-state index >= 15 is 0 Å². The summed E-state index contributed by atoms with van der Waals surface area (Å²) in [4.78, 5) is 26.3. The highest BCUT2D eigenvalue weighted by Crippen LogP contribution is 2.36. The topological polar surface area (TPSA) is 49.4 Å². The van der Waals surface area contributed by atoms with Gasteiger partial charge in [-0.1, -0.05) is 19.1 Å². The van der Waals surface area contributed by atoms with E-state index in [4.69, 9.17) is 0 Å². The normalized spacial score (nSPS) is 16.8. The lowest BCUT2D eigenvalue weighted by Crippen LogP contribution is -2.38. The summed E-state index contributed by atoms with van der Waals surface area (Å²) in [6.07, 6.45) is 0.902. The van der Waals surface area contributed by atoms with E-state index in [0.29, 0.717) is 23.2 Å². The molecule has 130 valence electrons. The van der Waals surface area contributed by atoms with Gasteiger partial charge in [-0.05, 0) is 42.3 Å². The predicted octanol–water partition coefficient (Wildman–Crippen LogP) is 3.64. The van der Waals surface area contributed by atoms with Crippen LogP contribution in [0.15, 0.2) is 42.5 Å². The molecule has 1 atom stereocenters. The molecule has 1 heterocycles. The first kappa shape index (κ1) is 17.1. The van der Waals surface area contributed by atoms with E-state index in [2.05, 4.69) is 5.32 Å². The van der Waals surface area contributed by atoms with Gasteiger partial charge in [0.2, 0.25) is 11.8 Å². The van der Waals surface area contributed by atoms with Crippen LogP contribution in [0.1, 0.15) is 36.9 Å². The molecular formula is C19H18F2N2O2. The Morgan fingerprint density at radius 1 is 1.16 bits per heavy atom. The summed E-state index contributed by atoms with van der Waals surface area (Å²) < 4.78 is 27.2. The zero-order valence-electron chi connectivity index (χ0n) is 13.8. The summed E-state index contributed by atoms with van der Waals surface area (Å²) in [5.74, 6) is -1.42. The van der Waals surface area contributed by atoms with Crippen molar-refractivity contribution in [2.45, 2.75) is 25.8 Å². The summed E-state index contributed by atoms with van der Waals surface area (Å²) in [5.41, 5.74) is 1.55. The van der Waals surface area contributed by atoms with Crippen LogP contribution in [0, 0.1) is 11.6 Å². The first-order valence-corrected chi connectivity index (χ1v) is 8.14. The van der Waals surface area contributed by atoms with Gasteiger partial charge in [0.25, 0.3) is 0 Å². The Morgan fingerprint density at radius 2 is 1.84 bits per heavy atom. The van der Waals surface area contributed by atoms with Crippen molar-refractivity contribution in [3.8, 4) is 0 Å². The number of nitrogens with zero attached hydrogens (tertiary/aromatic N) is 1. The largest absolute Gasteiger partial charge is 0.324 e. The second-order valence-corrected chi connectivity index (χ2v) is 6.01. The van der Waals surface area contributed by atoms with E-state index in [1.54, 1.807) is 12.1 Å². The van der Waals surface area contributed by atoms with Crippen molar-refractivity contribution in [2.75, 3.05) is 11.9 Å². The fraction of sp³-hybridized carbons (Fsp3) is 0.263. The molecule has 2 amide bonds. The molecule has 1 aliphatic rings. The number of hydrogen-bond donors (Lipinski definition) is 1. The van der Waals surface area contributed by atoms with Crippen LogP contribution in [-0.4, -0.2) is 23.3 Å². The highest BCUT2D eigenvalue weighted by Gasteiger charge is 2.33. The van der Waals surface area contributed by atoms with E-state index in [0.717, 1.165) is 0 Å². The van der Waals surface area contributed by atoms with Crippen molar-refractivity contribution in [1.29, 1.82) is 0 Å². The molecule has 1 N–H and O–H groups in total. The molecule has 0 saturated carbocycles. The van der Waals surface area contributed by atoms with Crippen molar-refractivity contribution < 1.29 is 18.4 Å². The van der Waals surface area contributed by atoms with Crippen molar-refractivity contribution in [1.82, 2.24) is 4.90 Å². The monoisotopic (exact) mass is 344 g/mol. The van der Waals surface area contributed by atoms with Crippen LogP contribution in [-0.2, 0) is 9.59 Å². The van der Waals surface area contributed by atoms with Gasteiger partial charge in [0.1, 0.15) is 18.2 Å². The molecule has 6 heteroatoms. The summed E-state index contributed by atoms with van der Waals surface area (Å²) in [6, 6.07) is 9.06. The molecule has 1 aliphatic heterocycles. The lowest BCUT2D eigenvalue weighted by Gasteiger charge is -2.30. The van der Waals surface area contributed by atoms with Crippen LogP contribution in [0.2, 0.25) is 0 Å². The van der Waals surface area contributed by atoms with Crippen LogP contribution in [0.5, 0.6) is 0 Å². The highest BCUT2D eigenvalue weighted by molar-refractivity contribution is 5.97. The van der Waals surface area contributed by atoms with Crippen LogP contribution in [0.4, 0.5) is 14.5 Å². The minimum absolute atomic E-state index is 0.142. The Morgan fingerprint density at radius 3 is 2.52 bits per heavy atom. The summed E-state index contributed by atoms with van der Waals surface area (Å²) >= 11 is 0. The number of halogens is 2. The highest BCUT2D eigenvalue weighted by atomic mass is 19.1. The first-order chi connectivity index (χ1) is 12.0. The molecule has 4 nitrogen and oxygen atoms in total. The Balaban J connectivity index is 2.17. The van der Waals surface area contributed by atoms with Gasteiger partial charge >= 0.3 is 0 Å². The Labute approximate surface area is 144 Å². The molecule has 0 aliphatic carbocycles. The maximum Gasteiger partial charge on any atom is 0.244 e. The zero-order chi connectivity index (χ0) is 18.0. The number of benzene rings is 2. The van der Waals surface area contributed by atoms with Crippen LogP contribution >= 0.6 is 0 Å². The molecule has 2 aromatic carbocycles. The van der Waals surface area contributed by atoms with Gasteiger partial charge < -0.3 is 10.2 Å². The third kappa shape index (κ3) is 3.52. The van der Waals surface area contributed by atoms with E-state index in [1.807, 2.05) is 6.92 Å². The standard InChI is InChI=1S/C19H18F2N2O2/c1-2-3-18(25)23-11-17(24)22-16-9-8-14(21)10-15(16)19(23)12-4-6-13(20)7-5-12/h4-10,19H,2-3,11H2,1H3,(H,22,24).